The van der Waals surface area contributed by atoms with Crippen LogP contribution in [0.3, 0.4) is 0 Å². The van der Waals surface area contributed by atoms with E-state index in [9.17, 15) is 9.90 Å². The van der Waals surface area contributed by atoms with Gasteiger partial charge < -0.3 is 15.5 Å². The number of carbonyl (C=O) groups is 1. The number of carboxylic acid groups (broad SMARTS) is 1. The molecular formula is C13H19NO3S. The van der Waals surface area contributed by atoms with E-state index < -0.39 is 5.97 Å². The summed E-state index contributed by atoms with van der Waals surface area (Å²) in [6.45, 7) is 0. The average Bonchev–Trinajstić information content (AvgIpc) is 2.84. The lowest BCUT2D eigenvalue weighted by atomic mass is 9.92. The summed E-state index contributed by atoms with van der Waals surface area (Å²) < 4.78 is 0. The van der Waals surface area contributed by atoms with E-state index in [-0.39, 0.29) is 18.6 Å². The molecule has 1 heterocycles. The first-order valence-electron chi connectivity index (χ1n) is 6.34. The second kappa shape index (κ2) is 6.31. The van der Waals surface area contributed by atoms with Crippen molar-refractivity contribution in [1.82, 2.24) is 5.32 Å². The molecule has 18 heavy (non-hydrogen) atoms. The average molecular weight is 269 g/mol. The van der Waals surface area contributed by atoms with Gasteiger partial charge in [0, 0.05) is 10.9 Å². The number of aliphatic hydroxyl groups excluding tert-OH is 1. The van der Waals surface area contributed by atoms with E-state index in [1.165, 1.54) is 0 Å². The number of hydrogen-bond acceptors (Lipinski definition) is 4. The number of nitrogens with one attached hydrogen (secondary N) is 1. The highest BCUT2D eigenvalue weighted by molar-refractivity contribution is 7.10. The Morgan fingerprint density at radius 1 is 1.44 bits per heavy atom. The number of rotatable bonds is 5. The topological polar surface area (TPSA) is 69.6 Å². The molecule has 5 heteroatoms. The SMILES string of the molecule is O=C(O)CC(NC1CCC(O)CC1)c1cccs1. The van der Waals surface area contributed by atoms with E-state index in [0.29, 0.717) is 6.04 Å². The van der Waals surface area contributed by atoms with Crippen molar-refractivity contribution in [2.45, 2.75) is 50.3 Å². The van der Waals surface area contributed by atoms with Crippen LogP contribution in [-0.2, 0) is 4.79 Å². The summed E-state index contributed by atoms with van der Waals surface area (Å²) in [5.41, 5.74) is 0. The molecule has 0 saturated heterocycles. The van der Waals surface area contributed by atoms with E-state index >= 15 is 0 Å². The summed E-state index contributed by atoms with van der Waals surface area (Å²) in [7, 11) is 0. The molecule has 100 valence electrons. The third-order valence-corrected chi connectivity index (χ3v) is 4.38. The molecule has 4 nitrogen and oxygen atoms in total. The standard InChI is InChI=1S/C13H19NO3S/c15-10-5-3-9(4-6-10)14-11(8-13(16)17)12-2-1-7-18-12/h1-2,7,9-11,14-15H,3-6,8H2,(H,16,17). The molecule has 2 rings (SSSR count). The normalized spacial score (nSPS) is 25.8. The van der Waals surface area contributed by atoms with E-state index in [0.717, 1.165) is 30.6 Å². The third-order valence-electron chi connectivity index (χ3n) is 3.40. The first-order chi connectivity index (χ1) is 8.65. The lowest BCUT2D eigenvalue weighted by Gasteiger charge is -2.29. The minimum absolute atomic E-state index is 0.109. The predicted octanol–water partition coefficient (Wildman–Crippen LogP) is 2.16. The molecule has 0 aromatic carbocycles. The van der Waals surface area contributed by atoms with Gasteiger partial charge in [0.1, 0.15) is 0 Å². The van der Waals surface area contributed by atoms with Gasteiger partial charge in [-0.05, 0) is 37.1 Å². The summed E-state index contributed by atoms with van der Waals surface area (Å²) in [6.07, 6.45) is 3.39. The second-order valence-electron chi connectivity index (χ2n) is 4.84. The maximum atomic E-state index is 10.9. The zero-order valence-corrected chi connectivity index (χ0v) is 11.0. The quantitative estimate of drug-likeness (QED) is 0.766. The second-order valence-corrected chi connectivity index (χ2v) is 5.82. The van der Waals surface area contributed by atoms with Gasteiger partial charge >= 0.3 is 5.97 Å². The monoisotopic (exact) mass is 269 g/mol. The highest BCUT2D eigenvalue weighted by Gasteiger charge is 2.24. The first-order valence-corrected chi connectivity index (χ1v) is 7.22. The number of thiophene rings is 1. The van der Waals surface area contributed by atoms with Crippen LogP contribution in [0.5, 0.6) is 0 Å². The fourth-order valence-corrected chi connectivity index (χ4v) is 3.22. The fraction of sp³-hybridized carbons (Fsp3) is 0.615. The summed E-state index contributed by atoms with van der Waals surface area (Å²) >= 11 is 1.59. The van der Waals surface area contributed by atoms with Crippen LogP contribution in [0, 0.1) is 0 Å². The molecule has 1 aromatic rings. The van der Waals surface area contributed by atoms with Crippen molar-refractivity contribution in [3.05, 3.63) is 22.4 Å². The minimum atomic E-state index is -0.781. The van der Waals surface area contributed by atoms with Crippen LogP contribution >= 0.6 is 11.3 Å². The third kappa shape index (κ3) is 3.80. The van der Waals surface area contributed by atoms with Crippen LogP contribution in [0.2, 0.25) is 0 Å². The van der Waals surface area contributed by atoms with Gasteiger partial charge in [-0.3, -0.25) is 4.79 Å². The van der Waals surface area contributed by atoms with Crippen molar-refractivity contribution in [1.29, 1.82) is 0 Å². The van der Waals surface area contributed by atoms with Gasteiger partial charge in [0.2, 0.25) is 0 Å². The number of carboxylic acids is 1. The number of aliphatic carboxylic acids is 1. The highest BCUT2D eigenvalue weighted by atomic mass is 32.1. The molecular weight excluding hydrogens is 250 g/mol. The Bertz CT molecular complexity index is 372. The molecule has 1 aliphatic rings. The molecule has 1 unspecified atom stereocenters. The van der Waals surface area contributed by atoms with Gasteiger partial charge in [-0.2, -0.15) is 0 Å². The van der Waals surface area contributed by atoms with Crippen LogP contribution in [0.25, 0.3) is 0 Å². The summed E-state index contributed by atoms with van der Waals surface area (Å²) in [6, 6.07) is 4.13. The molecule has 0 amide bonds. The van der Waals surface area contributed by atoms with E-state index in [1.807, 2.05) is 17.5 Å². The predicted molar refractivity (Wildman–Crippen MR) is 70.7 cm³/mol. The van der Waals surface area contributed by atoms with Gasteiger partial charge in [-0.15, -0.1) is 11.3 Å². The van der Waals surface area contributed by atoms with Gasteiger partial charge in [0.05, 0.1) is 18.6 Å². The highest BCUT2D eigenvalue weighted by Crippen LogP contribution is 2.26. The van der Waals surface area contributed by atoms with Crippen LogP contribution in [-0.4, -0.2) is 28.3 Å². The van der Waals surface area contributed by atoms with Crippen molar-refractivity contribution in [2.75, 3.05) is 0 Å². The molecule has 0 spiro atoms. The van der Waals surface area contributed by atoms with Crippen molar-refractivity contribution in [3.8, 4) is 0 Å². The number of aliphatic hydroxyl groups is 1. The van der Waals surface area contributed by atoms with Crippen LogP contribution in [0.15, 0.2) is 17.5 Å². The molecule has 1 atom stereocenters. The van der Waals surface area contributed by atoms with Gasteiger partial charge in [0.15, 0.2) is 0 Å². The maximum Gasteiger partial charge on any atom is 0.305 e. The maximum absolute atomic E-state index is 10.9. The smallest absolute Gasteiger partial charge is 0.305 e. The van der Waals surface area contributed by atoms with Crippen LogP contribution < -0.4 is 5.32 Å². The van der Waals surface area contributed by atoms with Crippen LogP contribution in [0.1, 0.15) is 43.0 Å². The largest absolute Gasteiger partial charge is 0.481 e. The Morgan fingerprint density at radius 2 is 2.17 bits per heavy atom. The molecule has 1 fully saturated rings. The molecule has 0 bridgehead atoms. The lowest BCUT2D eigenvalue weighted by molar-refractivity contribution is -0.137. The Morgan fingerprint density at radius 3 is 2.72 bits per heavy atom. The molecule has 1 aliphatic carbocycles. The Hall–Kier alpha value is -0.910. The zero-order valence-electron chi connectivity index (χ0n) is 10.2. The molecule has 1 saturated carbocycles. The van der Waals surface area contributed by atoms with Gasteiger partial charge in [0.25, 0.3) is 0 Å². The van der Waals surface area contributed by atoms with Crippen molar-refractivity contribution in [3.63, 3.8) is 0 Å². The minimum Gasteiger partial charge on any atom is -0.481 e. The zero-order chi connectivity index (χ0) is 13.0. The lowest BCUT2D eigenvalue weighted by Crippen LogP contribution is -2.37. The summed E-state index contributed by atoms with van der Waals surface area (Å²) in [4.78, 5) is 12.0. The Labute approximate surface area is 111 Å². The Balaban J connectivity index is 1.95. The van der Waals surface area contributed by atoms with Crippen molar-refractivity contribution in [2.24, 2.45) is 0 Å². The van der Waals surface area contributed by atoms with Crippen LogP contribution in [0.4, 0.5) is 0 Å². The molecule has 0 radical (unpaired) electrons. The Kier molecular flexibility index (Phi) is 4.74. The molecule has 1 aromatic heterocycles. The van der Waals surface area contributed by atoms with E-state index in [1.54, 1.807) is 11.3 Å². The molecule has 0 aliphatic heterocycles. The number of hydrogen-bond donors (Lipinski definition) is 3. The van der Waals surface area contributed by atoms with Gasteiger partial charge in [-0.1, -0.05) is 6.07 Å². The van der Waals surface area contributed by atoms with Gasteiger partial charge in [-0.25, -0.2) is 0 Å². The summed E-state index contributed by atoms with van der Waals surface area (Å²) in [5.74, 6) is -0.781. The van der Waals surface area contributed by atoms with E-state index in [2.05, 4.69) is 5.32 Å². The van der Waals surface area contributed by atoms with Crippen molar-refractivity contribution < 1.29 is 15.0 Å². The first kappa shape index (κ1) is 13.5. The fourth-order valence-electron chi connectivity index (χ4n) is 2.43. The van der Waals surface area contributed by atoms with Crippen molar-refractivity contribution >= 4 is 17.3 Å². The van der Waals surface area contributed by atoms with E-state index in [4.69, 9.17) is 5.11 Å². The summed E-state index contributed by atoms with van der Waals surface area (Å²) in [5, 5.41) is 23.8. The molecule has 3 N–H and O–H groups in total.